The number of carbonyl (C=O) groups is 1. The third-order valence-corrected chi connectivity index (χ3v) is 6.35. The van der Waals surface area contributed by atoms with E-state index < -0.39 is 0 Å². The number of rotatable bonds is 11. The van der Waals surface area contributed by atoms with E-state index in [2.05, 4.69) is 33.8 Å². The molecule has 3 aromatic carbocycles. The summed E-state index contributed by atoms with van der Waals surface area (Å²) in [6, 6.07) is 18.1. The van der Waals surface area contributed by atoms with Crippen molar-refractivity contribution in [3.05, 3.63) is 66.5 Å². The molecule has 0 atom stereocenters. The summed E-state index contributed by atoms with van der Waals surface area (Å²) in [7, 11) is 2.00. The lowest BCUT2D eigenvalue weighted by Crippen LogP contribution is -3.00. The van der Waals surface area contributed by atoms with Gasteiger partial charge in [0.1, 0.15) is 11.5 Å². The second-order valence-corrected chi connectivity index (χ2v) is 10.1. The second kappa shape index (κ2) is 12.4. The Morgan fingerprint density at radius 3 is 2.19 bits per heavy atom. The van der Waals surface area contributed by atoms with Crippen LogP contribution in [0.4, 0.5) is 0 Å². The number of para-hydroxylation sites is 2. The van der Waals surface area contributed by atoms with Crippen LogP contribution in [0.15, 0.2) is 60.9 Å². The Morgan fingerprint density at radius 1 is 0.889 bits per heavy atom. The molecular weight excluding hydrogens is 516 g/mol. The standard InChI is InChI=1S/C30H37N2O3.BrH/c1-21(2)14-16-34-29-18-25(28(33)19-32-20-31(5)26-12-8-9-13-27(26)32)30(35-17-15-22(3)4)24-11-7-6-10-23(24)29;/h6-13,18,20-22H,14-17,19H2,1-5H3;1H/q+1;/p-1. The van der Waals surface area contributed by atoms with Crippen LogP contribution >= 0.6 is 0 Å². The first-order valence-electron chi connectivity index (χ1n) is 12.6. The summed E-state index contributed by atoms with van der Waals surface area (Å²) in [5.41, 5.74) is 2.69. The van der Waals surface area contributed by atoms with Crippen molar-refractivity contribution in [2.45, 2.75) is 47.1 Å². The molecule has 0 saturated carbocycles. The van der Waals surface area contributed by atoms with Crippen molar-refractivity contribution in [1.29, 1.82) is 0 Å². The highest BCUT2D eigenvalue weighted by molar-refractivity contribution is 6.07. The zero-order valence-corrected chi connectivity index (χ0v) is 23.5. The molecule has 192 valence electrons. The highest BCUT2D eigenvalue weighted by atomic mass is 79.9. The number of aryl methyl sites for hydroxylation is 1. The van der Waals surface area contributed by atoms with Gasteiger partial charge >= 0.3 is 0 Å². The van der Waals surface area contributed by atoms with E-state index >= 15 is 0 Å². The maximum Gasteiger partial charge on any atom is 0.244 e. The van der Waals surface area contributed by atoms with Gasteiger partial charge < -0.3 is 26.5 Å². The highest BCUT2D eigenvalue weighted by Gasteiger charge is 2.23. The number of fused-ring (bicyclic) bond motifs is 2. The molecule has 0 aliphatic rings. The van der Waals surface area contributed by atoms with Crippen LogP contribution in [0.3, 0.4) is 0 Å². The molecule has 0 amide bonds. The monoisotopic (exact) mass is 552 g/mol. The lowest BCUT2D eigenvalue weighted by Gasteiger charge is -2.18. The molecule has 0 N–H and O–H groups in total. The Labute approximate surface area is 224 Å². The van der Waals surface area contributed by atoms with Gasteiger partial charge in [-0.3, -0.25) is 4.79 Å². The maximum atomic E-state index is 13.8. The number of aromatic nitrogens is 2. The van der Waals surface area contributed by atoms with E-state index in [4.69, 9.17) is 9.47 Å². The van der Waals surface area contributed by atoms with E-state index in [1.54, 1.807) is 0 Å². The number of hydrogen-bond acceptors (Lipinski definition) is 3. The van der Waals surface area contributed by atoms with Gasteiger partial charge in [0.2, 0.25) is 12.1 Å². The fourth-order valence-electron chi connectivity index (χ4n) is 4.30. The molecule has 0 aliphatic carbocycles. The minimum atomic E-state index is 0. The van der Waals surface area contributed by atoms with Crippen molar-refractivity contribution >= 4 is 27.6 Å². The number of ketones is 1. The molecule has 5 nitrogen and oxygen atoms in total. The van der Waals surface area contributed by atoms with Gasteiger partial charge in [-0.25, -0.2) is 9.13 Å². The van der Waals surface area contributed by atoms with E-state index in [9.17, 15) is 4.79 Å². The van der Waals surface area contributed by atoms with Crippen LogP contribution in [0.5, 0.6) is 11.5 Å². The van der Waals surface area contributed by atoms with Crippen molar-refractivity contribution in [2.24, 2.45) is 18.9 Å². The van der Waals surface area contributed by atoms with E-state index in [1.165, 1.54) is 0 Å². The average Bonchev–Trinajstić information content (AvgIpc) is 3.14. The summed E-state index contributed by atoms with van der Waals surface area (Å²) in [6.45, 7) is 10.1. The first kappa shape index (κ1) is 27.7. The third-order valence-electron chi connectivity index (χ3n) is 6.35. The van der Waals surface area contributed by atoms with Crippen LogP contribution in [0.2, 0.25) is 0 Å². The normalized spacial score (nSPS) is 11.3. The van der Waals surface area contributed by atoms with E-state index in [0.29, 0.717) is 36.4 Å². The van der Waals surface area contributed by atoms with Gasteiger partial charge in [-0.1, -0.05) is 64.1 Å². The molecule has 36 heavy (non-hydrogen) atoms. The number of benzene rings is 3. The Morgan fingerprint density at radius 2 is 1.50 bits per heavy atom. The first-order valence-corrected chi connectivity index (χ1v) is 12.6. The third kappa shape index (κ3) is 6.28. The minimum absolute atomic E-state index is 0. The molecular formula is C30H37BrN2O3. The number of ether oxygens (including phenoxy) is 2. The number of imidazole rings is 1. The van der Waals surface area contributed by atoms with Crippen LogP contribution in [0.25, 0.3) is 21.8 Å². The molecule has 4 rings (SSSR count). The van der Waals surface area contributed by atoms with Gasteiger partial charge in [0, 0.05) is 10.8 Å². The van der Waals surface area contributed by atoms with Gasteiger partial charge in [-0.15, -0.1) is 0 Å². The number of halogens is 1. The topological polar surface area (TPSA) is 44.3 Å². The van der Waals surface area contributed by atoms with Crippen molar-refractivity contribution in [3.63, 3.8) is 0 Å². The highest BCUT2D eigenvalue weighted by Crippen LogP contribution is 2.38. The van der Waals surface area contributed by atoms with Gasteiger partial charge in [-0.2, -0.15) is 0 Å². The summed E-state index contributed by atoms with van der Waals surface area (Å²) < 4.78 is 16.6. The zero-order chi connectivity index (χ0) is 24.9. The number of Topliss-reactive ketones (excluding diaryl/α,β-unsaturated/α-hetero) is 1. The maximum absolute atomic E-state index is 13.8. The molecule has 0 aliphatic heterocycles. The first-order chi connectivity index (χ1) is 16.8. The summed E-state index contributed by atoms with van der Waals surface area (Å²) >= 11 is 0. The van der Waals surface area contributed by atoms with Crippen LogP contribution in [0, 0.1) is 11.8 Å². The van der Waals surface area contributed by atoms with E-state index in [0.717, 1.165) is 40.4 Å². The SMILES string of the molecule is CC(C)CCOc1cc(C(=O)Cn2c[n+](C)c3ccccc32)c(OCCC(C)C)c2ccccc12.[Br-]. The average molecular weight is 554 g/mol. The fourth-order valence-corrected chi connectivity index (χ4v) is 4.30. The Bertz CT molecular complexity index is 1330. The molecule has 1 heterocycles. The van der Waals surface area contributed by atoms with Gasteiger partial charge in [0.05, 0.1) is 25.8 Å². The zero-order valence-electron chi connectivity index (χ0n) is 22.0. The molecule has 6 heteroatoms. The fraction of sp³-hybridized carbons (Fsp3) is 0.400. The lowest BCUT2D eigenvalue weighted by atomic mass is 10.0. The summed E-state index contributed by atoms with van der Waals surface area (Å²) in [5.74, 6) is 2.46. The Kier molecular flexibility index (Phi) is 9.55. The van der Waals surface area contributed by atoms with Gasteiger partial charge in [-0.05, 0) is 42.9 Å². The molecule has 0 saturated heterocycles. The van der Waals surface area contributed by atoms with Crippen LogP contribution in [-0.4, -0.2) is 23.6 Å². The number of hydrogen-bond donors (Lipinski definition) is 0. The molecule has 4 aromatic rings. The Hall–Kier alpha value is -2.86. The van der Waals surface area contributed by atoms with Crippen molar-refractivity contribution in [3.8, 4) is 11.5 Å². The predicted molar refractivity (Wildman–Crippen MR) is 141 cm³/mol. The quantitative estimate of drug-likeness (QED) is 0.212. The molecule has 0 radical (unpaired) electrons. The smallest absolute Gasteiger partial charge is 0.244 e. The van der Waals surface area contributed by atoms with Crippen LogP contribution in [0.1, 0.15) is 50.9 Å². The van der Waals surface area contributed by atoms with Crippen molar-refractivity contribution in [1.82, 2.24) is 4.57 Å². The van der Waals surface area contributed by atoms with Crippen LogP contribution in [-0.2, 0) is 13.6 Å². The van der Waals surface area contributed by atoms with Gasteiger partial charge in [0.15, 0.2) is 17.6 Å². The molecule has 1 aromatic heterocycles. The van der Waals surface area contributed by atoms with E-state index in [-0.39, 0.29) is 29.3 Å². The largest absolute Gasteiger partial charge is 1.00 e. The number of carbonyl (C=O) groups excluding carboxylic acids is 1. The van der Waals surface area contributed by atoms with E-state index in [1.807, 2.05) is 71.0 Å². The molecule has 0 bridgehead atoms. The lowest BCUT2D eigenvalue weighted by molar-refractivity contribution is -0.645. The molecule has 0 unspecified atom stereocenters. The summed E-state index contributed by atoms with van der Waals surface area (Å²) in [4.78, 5) is 13.8. The summed E-state index contributed by atoms with van der Waals surface area (Å²) in [6.07, 6.45) is 3.85. The Balaban J connectivity index is 0.00000361. The minimum Gasteiger partial charge on any atom is -1.00 e. The summed E-state index contributed by atoms with van der Waals surface area (Å²) in [5, 5.41) is 1.90. The van der Waals surface area contributed by atoms with Gasteiger partial charge in [0.25, 0.3) is 0 Å². The van der Waals surface area contributed by atoms with Crippen molar-refractivity contribution in [2.75, 3.05) is 13.2 Å². The number of nitrogens with zero attached hydrogens (tertiary/aromatic N) is 2. The predicted octanol–water partition coefficient (Wildman–Crippen LogP) is 3.36. The van der Waals surface area contributed by atoms with Crippen LogP contribution < -0.4 is 31.0 Å². The second-order valence-electron chi connectivity index (χ2n) is 10.1. The molecule has 0 fully saturated rings. The molecule has 0 spiro atoms. The van der Waals surface area contributed by atoms with Crippen molar-refractivity contribution < 1.29 is 35.8 Å².